The third kappa shape index (κ3) is 3.98. The van der Waals surface area contributed by atoms with Crippen molar-refractivity contribution in [3.05, 3.63) is 36.3 Å². The van der Waals surface area contributed by atoms with E-state index in [2.05, 4.69) is 30.9 Å². The third-order valence-corrected chi connectivity index (χ3v) is 7.00. The highest BCUT2D eigenvalue weighted by Crippen LogP contribution is 2.60. The van der Waals surface area contributed by atoms with Crippen molar-refractivity contribution in [2.75, 3.05) is 23.7 Å². The number of carbonyl (C=O) groups is 1. The normalized spacial score (nSPS) is 28.9. The van der Waals surface area contributed by atoms with Gasteiger partial charge in [-0.05, 0) is 75.3 Å². The van der Waals surface area contributed by atoms with Gasteiger partial charge in [-0.3, -0.25) is 4.79 Å². The Morgan fingerprint density at radius 2 is 1.70 bits per heavy atom. The highest BCUT2D eigenvalue weighted by Gasteiger charge is 2.54. The minimum Gasteiger partial charge on any atom is -0.368 e. The molecule has 4 aliphatic carbocycles. The average molecular weight is 407 g/mol. The molecule has 2 heterocycles. The Labute approximate surface area is 177 Å². The van der Waals surface area contributed by atoms with E-state index in [0.29, 0.717) is 24.7 Å². The Morgan fingerprint density at radius 1 is 1.00 bits per heavy atom. The Morgan fingerprint density at radius 3 is 2.37 bits per heavy atom. The van der Waals surface area contributed by atoms with E-state index in [1.165, 1.54) is 19.3 Å². The van der Waals surface area contributed by atoms with Crippen LogP contribution in [0.2, 0.25) is 0 Å². The van der Waals surface area contributed by atoms with Gasteiger partial charge in [-0.1, -0.05) is 6.07 Å². The lowest BCUT2D eigenvalue weighted by molar-refractivity contribution is -0.146. The summed E-state index contributed by atoms with van der Waals surface area (Å²) in [4.78, 5) is 26.2. The molecule has 4 aliphatic rings. The van der Waals surface area contributed by atoms with Crippen LogP contribution >= 0.6 is 0 Å². The molecular weight excluding hydrogens is 376 g/mol. The van der Waals surface area contributed by atoms with Crippen molar-refractivity contribution >= 4 is 23.4 Å². The number of pyridine rings is 1. The maximum atomic E-state index is 13.0. The second-order valence-electron chi connectivity index (χ2n) is 9.41. The van der Waals surface area contributed by atoms with Crippen molar-refractivity contribution in [2.45, 2.75) is 45.4 Å². The van der Waals surface area contributed by atoms with E-state index in [1.807, 2.05) is 31.2 Å². The molecule has 4 fully saturated rings. The molecule has 4 saturated carbocycles. The molecule has 3 N–H and O–H groups in total. The number of aryl methyl sites for hydroxylation is 1. The van der Waals surface area contributed by atoms with Crippen LogP contribution in [-0.2, 0) is 4.79 Å². The summed E-state index contributed by atoms with van der Waals surface area (Å²) in [5.41, 5.74) is -0.0833. The lowest BCUT2D eigenvalue weighted by Crippen LogP contribution is -2.54. The van der Waals surface area contributed by atoms with Crippen LogP contribution in [0.1, 0.15) is 44.3 Å². The summed E-state index contributed by atoms with van der Waals surface area (Å²) >= 11 is 0. The molecule has 7 nitrogen and oxygen atoms in total. The number of rotatable bonds is 7. The Kier molecular flexibility index (Phi) is 5.05. The van der Waals surface area contributed by atoms with Crippen molar-refractivity contribution in [1.29, 1.82) is 0 Å². The van der Waals surface area contributed by atoms with Gasteiger partial charge in [0.15, 0.2) is 0 Å². The fourth-order valence-electron chi connectivity index (χ4n) is 6.23. The van der Waals surface area contributed by atoms with Crippen LogP contribution in [0.25, 0.3) is 0 Å². The largest absolute Gasteiger partial charge is 0.368 e. The summed E-state index contributed by atoms with van der Waals surface area (Å²) in [5, 5.41) is 9.72. The standard InChI is InChI=1S/C23H30N6O/c1-15-27-20(11-21(28-15)29-19-4-2-3-5-24-19)25-6-7-26-22(30)23-12-16-8-17(13-23)10-18(9-16)14-23/h2-5,11,16-18H,6-10,12-14H2,1H3,(H,26,30)(H2,24,25,27,28,29). The predicted octanol–water partition coefficient (Wildman–Crippen LogP) is 3.67. The first-order valence-corrected chi connectivity index (χ1v) is 11.1. The van der Waals surface area contributed by atoms with Gasteiger partial charge in [0.25, 0.3) is 0 Å². The Hall–Kier alpha value is -2.70. The van der Waals surface area contributed by atoms with Gasteiger partial charge in [-0.15, -0.1) is 0 Å². The fraction of sp³-hybridized carbons (Fsp3) is 0.565. The molecule has 0 spiro atoms. The molecule has 2 aromatic rings. The highest BCUT2D eigenvalue weighted by molar-refractivity contribution is 5.83. The van der Waals surface area contributed by atoms with Gasteiger partial charge in [0.05, 0.1) is 0 Å². The summed E-state index contributed by atoms with van der Waals surface area (Å²) in [6, 6.07) is 7.56. The predicted molar refractivity (Wildman–Crippen MR) is 116 cm³/mol. The number of hydrogen-bond donors (Lipinski definition) is 3. The van der Waals surface area contributed by atoms with Gasteiger partial charge >= 0.3 is 0 Å². The van der Waals surface area contributed by atoms with Crippen molar-refractivity contribution in [2.24, 2.45) is 23.2 Å². The van der Waals surface area contributed by atoms with E-state index in [4.69, 9.17) is 0 Å². The number of nitrogens with zero attached hydrogens (tertiary/aromatic N) is 3. The van der Waals surface area contributed by atoms with Crippen molar-refractivity contribution in [1.82, 2.24) is 20.3 Å². The second-order valence-corrected chi connectivity index (χ2v) is 9.41. The molecule has 7 heteroatoms. The van der Waals surface area contributed by atoms with E-state index >= 15 is 0 Å². The fourth-order valence-corrected chi connectivity index (χ4v) is 6.23. The molecule has 1 amide bonds. The highest BCUT2D eigenvalue weighted by atomic mass is 16.2. The number of carbonyl (C=O) groups excluding carboxylic acids is 1. The number of hydrogen-bond acceptors (Lipinski definition) is 6. The molecule has 0 aliphatic heterocycles. The first-order chi connectivity index (χ1) is 14.6. The van der Waals surface area contributed by atoms with Crippen molar-refractivity contribution in [3.63, 3.8) is 0 Å². The third-order valence-electron chi connectivity index (χ3n) is 7.00. The van der Waals surface area contributed by atoms with E-state index < -0.39 is 0 Å². The quantitative estimate of drug-likeness (QED) is 0.608. The lowest BCUT2D eigenvalue weighted by Gasteiger charge is -2.55. The van der Waals surface area contributed by atoms with Crippen molar-refractivity contribution in [3.8, 4) is 0 Å². The van der Waals surface area contributed by atoms with E-state index in [9.17, 15) is 4.79 Å². The summed E-state index contributed by atoms with van der Waals surface area (Å²) in [6.07, 6.45) is 9.12. The first-order valence-electron chi connectivity index (χ1n) is 11.1. The minimum absolute atomic E-state index is 0.0833. The number of amides is 1. The molecule has 4 bridgehead atoms. The smallest absolute Gasteiger partial charge is 0.226 e. The van der Waals surface area contributed by atoms with Crippen LogP contribution in [0.15, 0.2) is 30.5 Å². The molecule has 0 atom stereocenters. The average Bonchev–Trinajstić information content (AvgIpc) is 2.70. The number of nitrogens with one attached hydrogen (secondary N) is 3. The van der Waals surface area contributed by atoms with Crippen LogP contribution in [0.5, 0.6) is 0 Å². The number of anilines is 3. The Bertz CT molecular complexity index is 880. The SMILES string of the molecule is Cc1nc(NCCNC(=O)C23CC4CC(CC(C4)C2)C3)cc(Nc2ccccn2)n1. The zero-order chi connectivity index (χ0) is 20.6. The molecule has 2 aromatic heterocycles. The number of aromatic nitrogens is 3. The van der Waals surface area contributed by atoms with Gasteiger partial charge in [0.2, 0.25) is 5.91 Å². The summed E-state index contributed by atoms with van der Waals surface area (Å²) in [7, 11) is 0. The van der Waals surface area contributed by atoms with Crippen LogP contribution in [-0.4, -0.2) is 33.9 Å². The molecule has 6 rings (SSSR count). The van der Waals surface area contributed by atoms with Gasteiger partial charge in [0, 0.05) is 30.8 Å². The summed E-state index contributed by atoms with van der Waals surface area (Å²) in [5.74, 6) is 5.49. The summed E-state index contributed by atoms with van der Waals surface area (Å²) in [6.45, 7) is 3.10. The van der Waals surface area contributed by atoms with Gasteiger partial charge in [0.1, 0.15) is 23.3 Å². The maximum absolute atomic E-state index is 13.0. The van der Waals surface area contributed by atoms with Gasteiger partial charge < -0.3 is 16.0 Å². The minimum atomic E-state index is -0.0833. The lowest BCUT2D eigenvalue weighted by atomic mass is 9.49. The molecular formula is C23H30N6O. The monoisotopic (exact) mass is 406 g/mol. The van der Waals surface area contributed by atoms with Crippen LogP contribution in [0.4, 0.5) is 17.5 Å². The molecule has 0 aromatic carbocycles. The maximum Gasteiger partial charge on any atom is 0.226 e. The zero-order valence-electron chi connectivity index (χ0n) is 17.5. The molecule has 30 heavy (non-hydrogen) atoms. The van der Waals surface area contributed by atoms with Crippen molar-refractivity contribution < 1.29 is 4.79 Å². The topological polar surface area (TPSA) is 91.8 Å². The first kappa shape index (κ1) is 19.3. The summed E-state index contributed by atoms with van der Waals surface area (Å²) < 4.78 is 0. The van der Waals surface area contributed by atoms with Crippen LogP contribution in [0, 0.1) is 30.1 Å². The molecule has 0 saturated heterocycles. The molecule has 0 unspecified atom stereocenters. The molecule has 0 radical (unpaired) electrons. The van der Waals surface area contributed by atoms with E-state index in [-0.39, 0.29) is 11.3 Å². The van der Waals surface area contributed by atoms with Gasteiger partial charge in [-0.25, -0.2) is 15.0 Å². The van der Waals surface area contributed by atoms with E-state index in [0.717, 1.165) is 48.7 Å². The van der Waals surface area contributed by atoms with Gasteiger partial charge in [-0.2, -0.15) is 0 Å². The zero-order valence-corrected chi connectivity index (χ0v) is 17.5. The second kappa shape index (κ2) is 7.85. The van der Waals surface area contributed by atoms with E-state index in [1.54, 1.807) is 6.20 Å². The van der Waals surface area contributed by atoms with Crippen LogP contribution < -0.4 is 16.0 Å². The van der Waals surface area contributed by atoms with Crippen LogP contribution in [0.3, 0.4) is 0 Å². The Balaban J connectivity index is 1.14. The molecule has 158 valence electrons.